The molecule has 0 fully saturated rings. The highest BCUT2D eigenvalue weighted by molar-refractivity contribution is 9.10. The monoisotopic (exact) mass is 314 g/mol. The van der Waals surface area contributed by atoms with Crippen molar-refractivity contribution in [3.8, 4) is 11.1 Å². The number of benzene rings is 2. The van der Waals surface area contributed by atoms with Crippen LogP contribution in [0.25, 0.3) is 11.1 Å². The van der Waals surface area contributed by atoms with Gasteiger partial charge in [-0.25, -0.2) is 0 Å². The van der Waals surface area contributed by atoms with Crippen molar-refractivity contribution in [1.29, 1.82) is 0 Å². The van der Waals surface area contributed by atoms with Crippen LogP contribution < -0.4 is 0 Å². The molecular formula is C13H9BrCl2. The van der Waals surface area contributed by atoms with Crippen molar-refractivity contribution in [1.82, 2.24) is 0 Å². The van der Waals surface area contributed by atoms with E-state index >= 15 is 0 Å². The van der Waals surface area contributed by atoms with Crippen molar-refractivity contribution < 1.29 is 0 Å². The molecule has 0 nitrogen and oxygen atoms in total. The molecule has 0 saturated carbocycles. The minimum absolute atomic E-state index is 0.497. The van der Waals surface area contributed by atoms with Gasteiger partial charge in [0, 0.05) is 15.4 Å². The topological polar surface area (TPSA) is 0 Å². The van der Waals surface area contributed by atoms with E-state index in [1.54, 1.807) is 0 Å². The van der Waals surface area contributed by atoms with Gasteiger partial charge in [0.1, 0.15) is 0 Å². The third-order valence-corrected chi connectivity index (χ3v) is 3.40. The summed E-state index contributed by atoms with van der Waals surface area (Å²) in [6, 6.07) is 13.9. The zero-order valence-corrected chi connectivity index (χ0v) is 11.5. The molecule has 2 aromatic carbocycles. The van der Waals surface area contributed by atoms with Crippen LogP contribution in [-0.2, 0) is 5.88 Å². The lowest BCUT2D eigenvalue weighted by Gasteiger charge is -2.08. The number of hydrogen-bond acceptors (Lipinski definition) is 0. The smallest absolute Gasteiger partial charge is 0.0480 e. The Morgan fingerprint density at radius 3 is 2.31 bits per heavy atom. The maximum Gasteiger partial charge on any atom is 0.0480 e. The first-order valence-corrected chi connectivity index (χ1v) is 6.51. The summed E-state index contributed by atoms with van der Waals surface area (Å²) in [6.45, 7) is 0. The predicted molar refractivity (Wildman–Crippen MR) is 74.1 cm³/mol. The quantitative estimate of drug-likeness (QED) is 0.641. The molecule has 0 unspecified atom stereocenters. The lowest BCUT2D eigenvalue weighted by molar-refractivity contribution is 1.38. The fourth-order valence-corrected chi connectivity index (χ4v) is 2.34. The van der Waals surface area contributed by atoms with E-state index in [-0.39, 0.29) is 0 Å². The Balaban J connectivity index is 2.51. The Morgan fingerprint density at radius 2 is 1.69 bits per heavy atom. The molecule has 0 saturated heterocycles. The first-order valence-electron chi connectivity index (χ1n) is 4.81. The minimum Gasteiger partial charge on any atom is -0.122 e. The van der Waals surface area contributed by atoms with Crippen LogP contribution in [0.1, 0.15) is 5.56 Å². The number of halogens is 3. The lowest BCUT2D eigenvalue weighted by Crippen LogP contribution is -1.86. The number of rotatable bonds is 2. The van der Waals surface area contributed by atoms with Gasteiger partial charge in [0.2, 0.25) is 0 Å². The zero-order valence-electron chi connectivity index (χ0n) is 8.38. The van der Waals surface area contributed by atoms with Gasteiger partial charge in [-0.05, 0) is 41.0 Å². The highest BCUT2D eigenvalue weighted by atomic mass is 79.9. The summed E-state index contributed by atoms with van der Waals surface area (Å²) in [5.74, 6) is 0.497. The van der Waals surface area contributed by atoms with Gasteiger partial charge in [-0.15, -0.1) is 11.6 Å². The van der Waals surface area contributed by atoms with Gasteiger partial charge in [-0.3, -0.25) is 0 Å². The van der Waals surface area contributed by atoms with Gasteiger partial charge < -0.3 is 0 Å². The summed E-state index contributed by atoms with van der Waals surface area (Å²) in [6.07, 6.45) is 0. The highest BCUT2D eigenvalue weighted by Gasteiger charge is 2.04. The average Bonchev–Trinajstić information content (AvgIpc) is 2.30. The molecular weight excluding hydrogens is 307 g/mol. The van der Waals surface area contributed by atoms with Crippen molar-refractivity contribution in [2.75, 3.05) is 0 Å². The van der Waals surface area contributed by atoms with E-state index < -0.39 is 0 Å². The molecule has 0 aliphatic rings. The van der Waals surface area contributed by atoms with Crippen LogP contribution in [0.4, 0.5) is 0 Å². The second-order valence-corrected chi connectivity index (χ2v) is 5.06. The molecule has 0 aliphatic carbocycles. The first kappa shape index (κ1) is 12.0. The molecule has 0 bridgehead atoms. The molecule has 82 valence electrons. The summed E-state index contributed by atoms with van der Waals surface area (Å²) in [5.41, 5.74) is 3.39. The number of hydrogen-bond donors (Lipinski definition) is 0. The molecule has 0 atom stereocenters. The SMILES string of the molecule is ClCc1cc(Br)ccc1-c1ccc(Cl)cc1. The molecule has 2 rings (SSSR count). The molecule has 0 aromatic heterocycles. The van der Waals surface area contributed by atoms with Crippen LogP contribution in [0.15, 0.2) is 46.9 Å². The molecule has 0 amide bonds. The normalized spacial score (nSPS) is 10.4. The van der Waals surface area contributed by atoms with Gasteiger partial charge >= 0.3 is 0 Å². The van der Waals surface area contributed by atoms with E-state index in [9.17, 15) is 0 Å². The molecule has 0 radical (unpaired) electrons. The van der Waals surface area contributed by atoms with Crippen LogP contribution in [0.3, 0.4) is 0 Å². The third-order valence-electron chi connectivity index (χ3n) is 2.37. The summed E-state index contributed by atoms with van der Waals surface area (Å²) >= 11 is 15.2. The van der Waals surface area contributed by atoms with Gasteiger partial charge in [0.15, 0.2) is 0 Å². The Morgan fingerprint density at radius 1 is 1.00 bits per heavy atom. The van der Waals surface area contributed by atoms with E-state index in [1.807, 2.05) is 36.4 Å². The lowest BCUT2D eigenvalue weighted by atomic mass is 10.0. The van der Waals surface area contributed by atoms with Crippen LogP contribution in [0.5, 0.6) is 0 Å². The van der Waals surface area contributed by atoms with E-state index in [1.165, 1.54) is 0 Å². The number of alkyl halides is 1. The van der Waals surface area contributed by atoms with Crippen LogP contribution >= 0.6 is 39.1 Å². The molecule has 3 heteroatoms. The zero-order chi connectivity index (χ0) is 11.5. The summed E-state index contributed by atoms with van der Waals surface area (Å²) < 4.78 is 1.04. The van der Waals surface area contributed by atoms with Crippen molar-refractivity contribution in [2.45, 2.75) is 5.88 Å². The van der Waals surface area contributed by atoms with Crippen molar-refractivity contribution in [2.24, 2.45) is 0 Å². The van der Waals surface area contributed by atoms with Gasteiger partial charge in [-0.1, -0.05) is 45.7 Å². The highest BCUT2D eigenvalue weighted by Crippen LogP contribution is 2.28. The predicted octanol–water partition coefficient (Wildman–Crippen LogP) is 5.51. The Labute approximate surface area is 113 Å². The summed E-state index contributed by atoms with van der Waals surface area (Å²) in [7, 11) is 0. The second-order valence-electron chi connectivity index (χ2n) is 3.44. The molecule has 0 spiro atoms. The average molecular weight is 316 g/mol. The molecule has 16 heavy (non-hydrogen) atoms. The van der Waals surface area contributed by atoms with Crippen LogP contribution in [-0.4, -0.2) is 0 Å². The third kappa shape index (κ3) is 2.60. The van der Waals surface area contributed by atoms with E-state index in [0.717, 1.165) is 26.2 Å². The van der Waals surface area contributed by atoms with E-state index in [0.29, 0.717) is 5.88 Å². The Hall–Kier alpha value is -0.500. The van der Waals surface area contributed by atoms with Gasteiger partial charge in [-0.2, -0.15) is 0 Å². The molecule has 0 aliphatic heterocycles. The molecule has 2 aromatic rings. The van der Waals surface area contributed by atoms with Gasteiger partial charge in [0.05, 0.1) is 0 Å². The second kappa shape index (κ2) is 5.22. The van der Waals surface area contributed by atoms with Crippen molar-refractivity contribution in [3.63, 3.8) is 0 Å². The fourth-order valence-electron chi connectivity index (χ4n) is 1.58. The molecule has 0 heterocycles. The van der Waals surface area contributed by atoms with Gasteiger partial charge in [0.25, 0.3) is 0 Å². The van der Waals surface area contributed by atoms with E-state index in [4.69, 9.17) is 23.2 Å². The maximum absolute atomic E-state index is 5.94. The standard InChI is InChI=1S/C13H9BrCl2/c14-11-3-6-13(10(7-11)8-15)9-1-4-12(16)5-2-9/h1-7H,8H2. The molecule has 0 N–H and O–H groups in total. The Kier molecular flexibility index (Phi) is 3.91. The maximum atomic E-state index is 5.94. The van der Waals surface area contributed by atoms with Crippen molar-refractivity contribution in [3.05, 3.63) is 57.5 Å². The van der Waals surface area contributed by atoms with E-state index in [2.05, 4.69) is 22.0 Å². The first-order chi connectivity index (χ1) is 7.70. The largest absolute Gasteiger partial charge is 0.122 e. The van der Waals surface area contributed by atoms with Crippen LogP contribution in [0, 0.1) is 0 Å². The Bertz CT molecular complexity index is 492. The summed E-state index contributed by atoms with van der Waals surface area (Å²) in [5, 5.41) is 0.744. The summed E-state index contributed by atoms with van der Waals surface area (Å²) in [4.78, 5) is 0. The van der Waals surface area contributed by atoms with Crippen molar-refractivity contribution >= 4 is 39.1 Å². The minimum atomic E-state index is 0.497. The van der Waals surface area contributed by atoms with Crippen LogP contribution in [0.2, 0.25) is 5.02 Å². The fraction of sp³-hybridized carbons (Fsp3) is 0.0769.